The molecule has 1 fully saturated rings. The van der Waals surface area contributed by atoms with Gasteiger partial charge in [0.2, 0.25) is 10.0 Å². The maximum absolute atomic E-state index is 13.1. The summed E-state index contributed by atoms with van der Waals surface area (Å²) in [4.78, 5) is 12.5. The minimum atomic E-state index is -3.51. The Morgan fingerprint density at radius 3 is 2.14 bits per heavy atom. The normalized spacial score (nSPS) is 16.1. The number of hydrogen-bond acceptors (Lipinski definition) is 6. The lowest BCUT2D eigenvalue weighted by atomic mass is 10.1. The number of benzene rings is 3. The maximum Gasteiger partial charge on any atom is 0.243 e. The van der Waals surface area contributed by atoms with Gasteiger partial charge in [0.05, 0.1) is 16.5 Å². The lowest BCUT2D eigenvalue weighted by Gasteiger charge is -2.37. The van der Waals surface area contributed by atoms with Crippen molar-refractivity contribution in [2.75, 3.05) is 31.5 Å². The molecule has 1 aliphatic heterocycles. The Bertz CT molecular complexity index is 1510. The van der Waals surface area contributed by atoms with Crippen LogP contribution in [0.15, 0.2) is 71.6 Å². The van der Waals surface area contributed by atoms with E-state index >= 15 is 0 Å². The number of aryl methyl sites for hydroxylation is 3. The third-order valence-corrected chi connectivity index (χ3v) is 9.11. The summed E-state index contributed by atoms with van der Waals surface area (Å²) in [5.41, 5.74) is 5.29. The summed E-state index contributed by atoms with van der Waals surface area (Å²) >= 11 is 0. The zero-order chi connectivity index (χ0) is 26.2. The first-order chi connectivity index (χ1) is 17.7. The van der Waals surface area contributed by atoms with Crippen LogP contribution in [-0.2, 0) is 10.0 Å². The Morgan fingerprint density at radius 1 is 0.811 bits per heavy atom. The van der Waals surface area contributed by atoms with Crippen molar-refractivity contribution in [2.45, 2.75) is 38.6 Å². The first-order valence-corrected chi connectivity index (χ1v) is 14.1. The van der Waals surface area contributed by atoms with Crippen LogP contribution in [0.25, 0.3) is 10.9 Å². The van der Waals surface area contributed by atoms with Crippen LogP contribution in [0.4, 0.5) is 11.5 Å². The van der Waals surface area contributed by atoms with Gasteiger partial charge in [0.15, 0.2) is 0 Å². The molecule has 1 atom stereocenters. The van der Waals surface area contributed by atoms with Crippen molar-refractivity contribution in [1.82, 2.24) is 19.2 Å². The fourth-order valence-corrected chi connectivity index (χ4v) is 6.28. The van der Waals surface area contributed by atoms with Crippen molar-refractivity contribution in [3.8, 4) is 0 Å². The molecular weight excluding hydrogens is 482 g/mol. The number of hydrogen-bond donors (Lipinski definition) is 1. The van der Waals surface area contributed by atoms with Crippen molar-refractivity contribution in [3.05, 3.63) is 89.2 Å². The standard InChI is InChI=1S/C29H33N5O2S/c1-20-12-14-24(15-13-20)37(35,36)34-18-16-33(17-19-34)23(4)28-30-26-11-6-5-10-25(26)29(32-28)31-27-21(2)8-7-9-22(27)3/h5-15,23H,16-19H2,1-4H3,(H,30,31,32)/t23-/m1/s1. The molecule has 1 aromatic heterocycles. The van der Waals surface area contributed by atoms with Gasteiger partial charge in [0.25, 0.3) is 0 Å². The average molecular weight is 516 g/mol. The first kappa shape index (κ1) is 25.3. The summed E-state index contributed by atoms with van der Waals surface area (Å²) in [5.74, 6) is 1.51. The fourth-order valence-electron chi connectivity index (χ4n) is 4.86. The summed E-state index contributed by atoms with van der Waals surface area (Å²) in [6.07, 6.45) is 0. The van der Waals surface area contributed by atoms with E-state index in [9.17, 15) is 8.42 Å². The third kappa shape index (κ3) is 5.09. The molecule has 0 aliphatic carbocycles. The lowest BCUT2D eigenvalue weighted by molar-refractivity contribution is 0.141. The molecule has 2 heterocycles. The highest BCUT2D eigenvalue weighted by Gasteiger charge is 2.31. The molecule has 1 N–H and O–H groups in total. The highest BCUT2D eigenvalue weighted by atomic mass is 32.2. The first-order valence-electron chi connectivity index (χ1n) is 12.6. The number of rotatable bonds is 6. The van der Waals surface area contributed by atoms with Gasteiger partial charge < -0.3 is 5.32 Å². The second-order valence-corrected chi connectivity index (χ2v) is 11.7. The number of nitrogens with one attached hydrogen (secondary N) is 1. The predicted molar refractivity (Wildman–Crippen MR) is 149 cm³/mol. The molecule has 0 saturated carbocycles. The van der Waals surface area contributed by atoms with Gasteiger partial charge in [-0.05, 0) is 63.1 Å². The summed E-state index contributed by atoms with van der Waals surface area (Å²) in [7, 11) is -3.51. The zero-order valence-corrected chi connectivity index (χ0v) is 22.6. The van der Waals surface area contributed by atoms with Crippen molar-refractivity contribution >= 4 is 32.4 Å². The van der Waals surface area contributed by atoms with Gasteiger partial charge in [-0.1, -0.05) is 48.0 Å². The van der Waals surface area contributed by atoms with E-state index in [-0.39, 0.29) is 6.04 Å². The monoisotopic (exact) mass is 515 g/mol. The van der Waals surface area contributed by atoms with Crippen LogP contribution in [0.3, 0.4) is 0 Å². The van der Waals surface area contributed by atoms with Gasteiger partial charge in [-0.3, -0.25) is 4.90 Å². The van der Waals surface area contributed by atoms with Crippen LogP contribution in [0.2, 0.25) is 0 Å². The molecule has 1 aliphatic rings. The van der Waals surface area contributed by atoms with E-state index in [1.54, 1.807) is 16.4 Å². The van der Waals surface area contributed by atoms with Gasteiger partial charge in [-0.25, -0.2) is 18.4 Å². The average Bonchev–Trinajstić information content (AvgIpc) is 2.90. The minimum absolute atomic E-state index is 0.0626. The van der Waals surface area contributed by atoms with Crippen molar-refractivity contribution < 1.29 is 8.42 Å². The van der Waals surface area contributed by atoms with Gasteiger partial charge >= 0.3 is 0 Å². The van der Waals surface area contributed by atoms with Crippen molar-refractivity contribution in [2.24, 2.45) is 0 Å². The molecule has 8 heteroatoms. The molecule has 3 aromatic carbocycles. The molecule has 1 saturated heterocycles. The van der Waals surface area contributed by atoms with Crippen LogP contribution >= 0.6 is 0 Å². The van der Waals surface area contributed by atoms with Crippen LogP contribution in [0.1, 0.15) is 35.5 Å². The maximum atomic E-state index is 13.1. The highest BCUT2D eigenvalue weighted by Crippen LogP contribution is 2.30. The van der Waals surface area contributed by atoms with E-state index in [2.05, 4.69) is 49.2 Å². The van der Waals surface area contributed by atoms with E-state index in [1.807, 2.05) is 43.3 Å². The number of fused-ring (bicyclic) bond motifs is 1. The van der Waals surface area contributed by atoms with Gasteiger partial charge in [0.1, 0.15) is 11.6 Å². The van der Waals surface area contributed by atoms with Crippen molar-refractivity contribution in [3.63, 3.8) is 0 Å². The topological polar surface area (TPSA) is 78.4 Å². The van der Waals surface area contributed by atoms with E-state index in [0.717, 1.165) is 44.9 Å². The molecular formula is C29H33N5O2S. The van der Waals surface area contributed by atoms with Crippen LogP contribution in [-0.4, -0.2) is 53.8 Å². The molecule has 5 rings (SSSR count). The van der Waals surface area contributed by atoms with Crippen LogP contribution < -0.4 is 5.32 Å². The number of sulfonamides is 1. The number of anilines is 2. The smallest absolute Gasteiger partial charge is 0.243 e. The van der Waals surface area contributed by atoms with Gasteiger partial charge in [-0.2, -0.15) is 4.31 Å². The minimum Gasteiger partial charge on any atom is -0.339 e. The molecule has 0 radical (unpaired) electrons. The van der Waals surface area contributed by atoms with Gasteiger partial charge in [0, 0.05) is 37.3 Å². The molecule has 4 aromatic rings. The summed E-state index contributed by atoms with van der Waals surface area (Å²) < 4.78 is 27.9. The van der Waals surface area contributed by atoms with E-state index in [4.69, 9.17) is 9.97 Å². The Labute approximate surface area is 219 Å². The number of aromatic nitrogens is 2. The Morgan fingerprint density at radius 2 is 1.46 bits per heavy atom. The lowest BCUT2D eigenvalue weighted by Crippen LogP contribution is -2.49. The van der Waals surface area contributed by atoms with E-state index in [1.165, 1.54) is 0 Å². The zero-order valence-electron chi connectivity index (χ0n) is 21.8. The van der Waals surface area contributed by atoms with Crippen molar-refractivity contribution in [1.29, 1.82) is 0 Å². The summed E-state index contributed by atoms with van der Waals surface area (Å²) in [6, 6.07) is 21.3. The fraction of sp³-hybridized carbons (Fsp3) is 0.310. The molecule has 192 valence electrons. The van der Waals surface area contributed by atoms with E-state index < -0.39 is 10.0 Å². The molecule has 7 nitrogen and oxygen atoms in total. The summed E-state index contributed by atoms with van der Waals surface area (Å²) in [5, 5.41) is 4.54. The molecule has 0 amide bonds. The van der Waals surface area contributed by atoms with E-state index in [0.29, 0.717) is 31.1 Å². The highest BCUT2D eigenvalue weighted by molar-refractivity contribution is 7.89. The summed E-state index contributed by atoms with van der Waals surface area (Å²) in [6.45, 7) is 10.3. The molecule has 0 bridgehead atoms. The number of piperazine rings is 1. The Balaban J connectivity index is 1.38. The van der Waals surface area contributed by atoms with Gasteiger partial charge in [-0.15, -0.1) is 0 Å². The predicted octanol–water partition coefficient (Wildman–Crippen LogP) is 5.37. The largest absolute Gasteiger partial charge is 0.339 e. The van der Waals surface area contributed by atoms with Crippen LogP contribution in [0, 0.1) is 20.8 Å². The second-order valence-electron chi connectivity index (χ2n) is 9.77. The Hall–Kier alpha value is -3.33. The molecule has 0 spiro atoms. The second kappa shape index (κ2) is 10.2. The number of nitrogens with zero attached hydrogens (tertiary/aromatic N) is 4. The number of para-hydroxylation sites is 2. The third-order valence-electron chi connectivity index (χ3n) is 7.20. The SMILES string of the molecule is Cc1ccc(S(=O)(=O)N2CCN([C@H](C)c3nc(Nc4c(C)cccc4C)c4ccccc4n3)CC2)cc1. The molecule has 37 heavy (non-hydrogen) atoms. The Kier molecular flexibility index (Phi) is 6.98. The molecule has 0 unspecified atom stereocenters. The van der Waals surface area contributed by atoms with Crippen LogP contribution in [0.5, 0.6) is 0 Å². The quantitative estimate of drug-likeness (QED) is 0.372.